The lowest BCUT2D eigenvalue weighted by Gasteiger charge is -2.21. The number of hydrogen-bond acceptors (Lipinski definition) is 4. The van der Waals surface area contributed by atoms with Gasteiger partial charge in [-0.25, -0.2) is 4.79 Å². The molecule has 1 saturated carbocycles. The summed E-state index contributed by atoms with van der Waals surface area (Å²) in [6, 6.07) is 16.6. The van der Waals surface area contributed by atoms with Gasteiger partial charge in [0.2, 0.25) is 0 Å². The van der Waals surface area contributed by atoms with Gasteiger partial charge in [0.05, 0.1) is 3.57 Å². The van der Waals surface area contributed by atoms with E-state index in [4.69, 9.17) is 11.6 Å². The monoisotopic (exact) mass is 575 g/mol. The van der Waals surface area contributed by atoms with Gasteiger partial charge in [0, 0.05) is 41.8 Å². The predicted molar refractivity (Wildman–Crippen MR) is 136 cm³/mol. The Balaban J connectivity index is 1.27. The standard InChI is InChI=1S/C25H23ClIN3O3/c26-20-9-7-18(8-10-20)25-13-19(25)14-28(16-25)11-4-12-29-15-21(27)23(32)30(24(29)33)22(31)17-5-2-1-3-6-17/h1-3,5-10,15,19H,4,11-14,16H2/t19-,25+/m0/s1. The number of hydrogen-bond donors (Lipinski definition) is 0. The van der Waals surface area contributed by atoms with Gasteiger partial charge in [0.15, 0.2) is 0 Å². The van der Waals surface area contributed by atoms with Crippen molar-refractivity contribution in [2.45, 2.75) is 24.8 Å². The lowest BCUT2D eigenvalue weighted by atomic mass is 9.95. The van der Waals surface area contributed by atoms with Crippen LogP contribution in [0.3, 0.4) is 0 Å². The first kappa shape index (κ1) is 22.6. The fraction of sp³-hybridized carbons (Fsp3) is 0.320. The summed E-state index contributed by atoms with van der Waals surface area (Å²) in [4.78, 5) is 40.8. The summed E-state index contributed by atoms with van der Waals surface area (Å²) in [5.74, 6) is 0.0788. The van der Waals surface area contributed by atoms with Gasteiger partial charge in [-0.1, -0.05) is 41.9 Å². The van der Waals surface area contributed by atoms with Crippen LogP contribution in [0.1, 0.15) is 28.8 Å². The number of nitrogens with zero attached hydrogens (tertiary/aromatic N) is 3. The normalized spacial score (nSPS) is 21.7. The van der Waals surface area contributed by atoms with Crippen LogP contribution in [0.25, 0.3) is 0 Å². The highest BCUT2D eigenvalue weighted by atomic mass is 127. The van der Waals surface area contributed by atoms with E-state index in [0.29, 0.717) is 21.6 Å². The van der Waals surface area contributed by atoms with Gasteiger partial charge in [0.25, 0.3) is 11.5 Å². The van der Waals surface area contributed by atoms with E-state index in [0.717, 1.165) is 35.6 Å². The van der Waals surface area contributed by atoms with E-state index < -0.39 is 17.2 Å². The van der Waals surface area contributed by atoms with Crippen LogP contribution in [0.2, 0.25) is 5.02 Å². The second-order valence-corrected chi connectivity index (χ2v) is 10.5. The zero-order valence-corrected chi connectivity index (χ0v) is 20.8. The third-order valence-corrected chi connectivity index (χ3v) is 7.84. The quantitative estimate of drug-likeness (QED) is 0.422. The van der Waals surface area contributed by atoms with Crippen molar-refractivity contribution >= 4 is 40.1 Å². The molecule has 0 spiro atoms. The fourth-order valence-corrected chi connectivity index (χ4v) is 5.77. The Labute approximate surface area is 209 Å². The molecule has 8 heteroatoms. The first-order chi connectivity index (χ1) is 15.9. The molecular formula is C25H23ClIN3O3. The Kier molecular flexibility index (Phi) is 6.05. The van der Waals surface area contributed by atoms with E-state index in [1.807, 2.05) is 34.7 Å². The van der Waals surface area contributed by atoms with Gasteiger partial charge in [-0.2, -0.15) is 4.57 Å². The summed E-state index contributed by atoms with van der Waals surface area (Å²) in [6.07, 6.45) is 3.53. The van der Waals surface area contributed by atoms with Crippen LogP contribution in [0.15, 0.2) is 70.4 Å². The van der Waals surface area contributed by atoms with Gasteiger partial charge >= 0.3 is 5.69 Å². The number of fused-ring (bicyclic) bond motifs is 1. The van der Waals surface area contributed by atoms with Gasteiger partial charge in [-0.15, -0.1) is 0 Å². The molecule has 5 rings (SSSR count). The number of rotatable bonds is 6. The molecule has 1 aliphatic carbocycles. The number of halogens is 2. The Bertz CT molecular complexity index is 1320. The zero-order valence-electron chi connectivity index (χ0n) is 17.9. The zero-order chi connectivity index (χ0) is 23.2. The van der Waals surface area contributed by atoms with Crippen molar-refractivity contribution in [3.05, 3.63) is 101 Å². The largest absolute Gasteiger partial charge is 0.338 e. The average Bonchev–Trinajstić information content (AvgIpc) is 3.39. The maximum atomic E-state index is 13.0. The van der Waals surface area contributed by atoms with Crippen molar-refractivity contribution in [1.82, 2.24) is 14.0 Å². The molecule has 170 valence electrons. The van der Waals surface area contributed by atoms with Crippen molar-refractivity contribution in [2.75, 3.05) is 19.6 Å². The molecule has 2 aromatic carbocycles. The molecular weight excluding hydrogens is 553 g/mol. The van der Waals surface area contributed by atoms with Crippen LogP contribution in [-0.2, 0) is 12.0 Å². The second kappa shape index (κ2) is 8.85. The van der Waals surface area contributed by atoms with Gasteiger partial charge < -0.3 is 4.90 Å². The molecule has 2 heterocycles. The van der Waals surface area contributed by atoms with Crippen LogP contribution in [0.4, 0.5) is 0 Å². The molecule has 1 saturated heterocycles. The fourth-order valence-electron chi connectivity index (χ4n) is 5.07. The highest BCUT2D eigenvalue weighted by molar-refractivity contribution is 14.1. The Morgan fingerprint density at radius 3 is 2.52 bits per heavy atom. The summed E-state index contributed by atoms with van der Waals surface area (Å²) < 4.78 is 2.58. The summed E-state index contributed by atoms with van der Waals surface area (Å²) >= 11 is 7.94. The molecule has 33 heavy (non-hydrogen) atoms. The number of aromatic nitrogens is 2. The maximum absolute atomic E-state index is 13.0. The van der Waals surface area contributed by atoms with Crippen LogP contribution in [0.5, 0.6) is 0 Å². The van der Waals surface area contributed by atoms with Gasteiger partial charge in [-0.3, -0.25) is 14.2 Å². The molecule has 0 N–H and O–H groups in total. The number of carbonyl (C=O) groups is 1. The topological polar surface area (TPSA) is 64.3 Å². The first-order valence-electron chi connectivity index (χ1n) is 11.0. The lowest BCUT2D eigenvalue weighted by molar-refractivity contribution is 0.0948. The van der Waals surface area contributed by atoms with E-state index in [1.165, 1.54) is 16.6 Å². The van der Waals surface area contributed by atoms with Crippen molar-refractivity contribution in [3.63, 3.8) is 0 Å². The van der Waals surface area contributed by atoms with Crippen molar-refractivity contribution < 1.29 is 4.79 Å². The molecule has 0 bridgehead atoms. The molecule has 0 unspecified atom stereocenters. The van der Waals surface area contributed by atoms with Crippen molar-refractivity contribution in [2.24, 2.45) is 5.92 Å². The molecule has 1 aromatic heterocycles. The Hall–Kier alpha value is -2.23. The summed E-state index contributed by atoms with van der Waals surface area (Å²) in [6.45, 7) is 3.38. The van der Waals surface area contributed by atoms with E-state index in [9.17, 15) is 14.4 Å². The summed E-state index contributed by atoms with van der Waals surface area (Å²) in [5.41, 5.74) is 0.753. The number of likely N-dealkylation sites (tertiary alicyclic amines) is 1. The third-order valence-electron chi connectivity index (χ3n) is 6.85. The second-order valence-electron chi connectivity index (χ2n) is 8.92. The SMILES string of the molecule is O=C(c1ccccc1)n1c(=O)c(I)cn(CCCN2C[C@@H]3C[C@]3(c3ccc(Cl)cc3)C2)c1=O. The molecule has 1 aliphatic heterocycles. The predicted octanol–water partition coefficient (Wildman–Crippen LogP) is 3.62. The van der Waals surface area contributed by atoms with E-state index in [1.54, 1.807) is 36.5 Å². The average molecular weight is 576 g/mol. The molecule has 2 aliphatic rings. The minimum atomic E-state index is -0.595. The number of piperidine rings is 1. The molecule has 2 fully saturated rings. The van der Waals surface area contributed by atoms with Gasteiger partial charge in [-0.05, 0) is 77.7 Å². The van der Waals surface area contributed by atoms with Gasteiger partial charge in [0.1, 0.15) is 0 Å². The molecule has 2 atom stereocenters. The van der Waals surface area contributed by atoms with Crippen molar-refractivity contribution in [1.29, 1.82) is 0 Å². The molecule has 6 nitrogen and oxygen atoms in total. The van der Waals surface area contributed by atoms with Crippen LogP contribution >= 0.6 is 34.2 Å². The van der Waals surface area contributed by atoms with Crippen molar-refractivity contribution in [3.8, 4) is 0 Å². The highest BCUT2D eigenvalue weighted by Gasteiger charge is 2.60. The smallest absolute Gasteiger partial charge is 0.302 e. The summed E-state index contributed by atoms with van der Waals surface area (Å²) in [7, 11) is 0. The molecule has 0 radical (unpaired) electrons. The minimum Gasteiger partial charge on any atom is -0.302 e. The number of benzene rings is 2. The van der Waals surface area contributed by atoms with E-state index in [2.05, 4.69) is 17.0 Å². The number of carbonyl (C=O) groups excluding carboxylic acids is 1. The van der Waals surface area contributed by atoms with Crippen LogP contribution < -0.4 is 11.2 Å². The molecule has 3 aromatic rings. The Morgan fingerprint density at radius 2 is 1.79 bits per heavy atom. The van der Waals surface area contributed by atoms with Crippen LogP contribution in [0, 0.1) is 9.49 Å². The number of aryl methyl sites for hydroxylation is 1. The molecule has 0 amide bonds. The maximum Gasteiger partial charge on any atom is 0.338 e. The van der Waals surface area contributed by atoms with E-state index in [-0.39, 0.29) is 5.41 Å². The minimum absolute atomic E-state index is 0.242. The van der Waals surface area contributed by atoms with E-state index >= 15 is 0 Å². The lowest BCUT2D eigenvalue weighted by Crippen LogP contribution is -2.45. The van der Waals surface area contributed by atoms with Crippen LogP contribution in [-0.4, -0.2) is 39.6 Å². The third kappa shape index (κ3) is 4.22. The highest BCUT2D eigenvalue weighted by Crippen LogP contribution is 2.59. The Morgan fingerprint density at radius 1 is 1.06 bits per heavy atom. The summed E-state index contributed by atoms with van der Waals surface area (Å²) in [5, 5.41) is 0.759. The first-order valence-corrected chi connectivity index (χ1v) is 12.4.